The van der Waals surface area contributed by atoms with Crippen LogP contribution in [-0.4, -0.2) is 19.6 Å². The predicted octanol–water partition coefficient (Wildman–Crippen LogP) is 16.1. The second-order valence-electron chi connectivity index (χ2n) is 20.8. The standard InChI is InChI=1S/C59H63N3O/c1-36(2)41-21-26-52(49(34-41)40-19-24-46(25-20-40)58(8,9)10)62-53-16-14-15-48(54(53)61-56(62)50-30-37(3)29-38(4)55(50)63)43-31-44(33-47(32-43)59(11,12)13)51-35-42(27-28-60-51)39-17-22-45(23-18-39)57(5,6)7/h14-36,63H,1-13H3/i36D. The Morgan fingerprint density at radius 1 is 0.556 bits per heavy atom. The van der Waals surface area contributed by atoms with Crippen LogP contribution in [0.15, 0.2) is 134 Å². The SMILES string of the molecule is [2H]C(C)(C)c1ccc(-n2c(-c3cc(C)cc(C)c3O)nc3c(-c4cc(-c5cc(-c6ccc(C(C)(C)C)cc6)ccn5)cc(C(C)(C)C)c4)cccc32)c(-c2ccc(C(C)(C)C)cc2)c1. The van der Waals surface area contributed by atoms with E-state index in [4.69, 9.17) is 11.3 Å². The zero-order chi connectivity index (χ0) is 46.1. The minimum absolute atomic E-state index is 0.00154. The molecule has 0 saturated carbocycles. The van der Waals surface area contributed by atoms with Crippen LogP contribution in [0.25, 0.3) is 72.7 Å². The number of rotatable bonds is 7. The molecule has 0 atom stereocenters. The molecule has 0 bridgehead atoms. The second kappa shape index (κ2) is 16.1. The topological polar surface area (TPSA) is 50.9 Å². The lowest BCUT2D eigenvalue weighted by Crippen LogP contribution is -2.11. The van der Waals surface area contributed by atoms with E-state index < -0.39 is 5.89 Å². The highest BCUT2D eigenvalue weighted by molar-refractivity contribution is 5.98. The highest BCUT2D eigenvalue weighted by Gasteiger charge is 2.25. The lowest BCUT2D eigenvalue weighted by atomic mass is 9.83. The van der Waals surface area contributed by atoms with Crippen LogP contribution >= 0.6 is 0 Å². The Morgan fingerprint density at radius 2 is 1.17 bits per heavy atom. The molecular weight excluding hydrogens is 767 g/mol. The fraction of sp³-hybridized carbons (Fsp3) is 0.288. The monoisotopic (exact) mass is 831 g/mol. The van der Waals surface area contributed by atoms with Gasteiger partial charge >= 0.3 is 0 Å². The van der Waals surface area contributed by atoms with E-state index in [1.807, 2.05) is 39.1 Å². The van der Waals surface area contributed by atoms with Crippen LogP contribution in [-0.2, 0) is 16.2 Å². The largest absolute Gasteiger partial charge is 0.507 e. The van der Waals surface area contributed by atoms with E-state index in [1.165, 1.54) is 16.7 Å². The van der Waals surface area contributed by atoms with Gasteiger partial charge in [-0.2, -0.15) is 0 Å². The normalized spacial score (nSPS) is 12.8. The van der Waals surface area contributed by atoms with Gasteiger partial charge in [0.05, 0.1) is 28.0 Å². The lowest BCUT2D eigenvalue weighted by molar-refractivity contribution is 0.472. The van der Waals surface area contributed by atoms with E-state index in [2.05, 4.69) is 189 Å². The number of aryl methyl sites for hydroxylation is 2. The van der Waals surface area contributed by atoms with Crippen molar-refractivity contribution in [3.8, 4) is 67.5 Å². The first-order valence-electron chi connectivity index (χ1n) is 22.8. The zero-order valence-corrected chi connectivity index (χ0v) is 39.5. The van der Waals surface area contributed by atoms with Crippen LogP contribution < -0.4 is 0 Å². The van der Waals surface area contributed by atoms with E-state index in [0.717, 1.165) is 78.0 Å². The number of para-hydroxylation sites is 1. The molecule has 0 spiro atoms. The van der Waals surface area contributed by atoms with Crippen molar-refractivity contribution in [3.63, 3.8) is 0 Å². The molecule has 4 nitrogen and oxygen atoms in total. The summed E-state index contributed by atoms with van der Waals surface area (Å²) in [5.74, 6) is 0.0365. The average Bonchev–Trinajstić information content (AvgIpc) is 3.63. The minimum Gasteiger partial charge on any atom is -0.507 e. The first-order valence-corrected chi connectivity index (χ1v) is 22.3. The van der Waals surface area contributed by atoms with Gasteiger partial charge in [-0.05, 0) is 140 Å². The van der Waals surface area contributed by atoms with Gasteiger partial charge < -0.3 is 5.11 Å². The molecule has 63 heavy (non-hydrogen) atoms. The maximum absolute atomic E-state index is 11.9. The number of aromatic hydroxyl groups is 1. The number of nitrogens with zero attached hydrogens (tertiary/aromatic N) is 3. The summed E-state index contributed by atoms with van der Waals surface area (Å²) in [5.41, 5.74) is 18.0. The molecular formula is C59H63N3O. The molecule has 0 fully saturated rings. The predicted molar refractivity (Wildman–Crippen MR) is 267 cm³/mol. The summed E-state index contributed by atoms with van der Waals surface area (Å²) in [6.07, 6.45) is 1.91. The molecule has 0 radical (unpaired) electrons. The summed E-state index contributed by atoms with van der Waals surface area (Å²) in [4.78, 5) is 10.5. The minimum atomic E-state index is -0.821. The van der Waals surface area contributed by atoms with Crippen LogP contribution in [0.5, 0.6) is 5.75 Å². The van der Waals surface area contributed by atoms with Gasteiger partial charge in [-0.3, -0.25) is 9.55 Å². The molecule has 0 amide bonds. The number of phenolic OH excluding ortho intramolecular Hbond substituents is 1. The van der Waals surface area contributed by atoms with Gasteiger partial charge in [0.25, 0.3) is 0 Å². The van der Waals surface area contributed by atoms with Crippen molar-refractivity contribution < 1.29 is 6.48 Å². The van der Waals surface area contributed by atoms with Crippen LogP contribution in [0.4, 0.5) is 0 Å². The molecule has 0 unspecified atom stereocenters. The first-order chi connectivity index (χ1) is 30.0. The third-order valence-corrected chi connectivity index (χ3v) is 12.5. The van der Waals surface area contributed by atoms with Crippen LogP contribution in [0, 0.1) is 13.8 Å². The van der Waals surface area contributed by atoms with Crippen molar-refractivity contribution >= 4 is 11.0 Å². The summed E-state index contributed by atoms with van der Waals surface area (Å²) in [7, 11) is 0. The fourth-order valence-corrected chi connectivity index (χ4v) is 8.60. The third kappa shape index (κ3) is 8.61. The maximum atomic E-state index is 11.9. The number of hydrogen-bond acceptors (Lipinski definition) is 3. The summed E-state index contributed by atoms with van der Waals surface area (Å²) in [6.45, 7) is 28.1. The number of hydrogen-bond donors (Lipinski definition) is 1. The van der Waals surface area contributed by atoms with Crippen LogP contribution in [0.1, 0.15) is 117 Å². The maximum Gasteiger partial charge on any atom is 0.149 e. The Hall–Kier alpha value is -6.26. The van der Waals surface area contributed by atoms with Crippen molar-refractivity contribution in [2.45, 2.75) is 112 Å². The molecule has 0 aliphatic rings. The number of fused-ring (bicyclic) bond motifs is 1. The van der Waals surface area contributed by atoms with E-state index >= 15 is 0 Å². The first kappa shape index (κ1) is 42.1. The Balaban J connectivity index is 1.38. The molecule has 1 N–H and O–H groups in total. The number of phenols is 1. The Kier molecular flexibility index (Phi) is 10.8. The molecule has 0 aliphatic heterocycles. The molecule has 0 aliphatic carbocycles. The molecule has 8 rings (SSSR count). The molecule has 0 saturated heterocycles. The van der Waals surface area contributed by atoms with E-state index in [0.29, 0.717) is 11.4 Å². The van der Waals surface area contributed by atoms with Gasteiger partial charge in [-0.25, -0.2) is 4.98 Å². The van der Waals surface area contributed by atoms with Gasteiger partial charge in [0.15, 0.2) is 0 Å². The Morgan fingerprint density at radius 3 is 1.79 bits per heavy atom. The molecule has 2 heterocycles. The van der Waals surface area contributed by atoms with Crippen LogP contribution in [0.2, 0.25) is 0 Å². The third-order valence-electron chi connectivity index (χ3n) is 12.5. The summed E-state index contributed by atoms with van der Waals surface area (Å²) >= 11 is 0. The molecule has 4 heteroatoms. The summed E-state index contributed by atoms with van der Waals surface area (Å²) < 4.78 is 11.3. The second-order valence-corrected chi connectivity index (χ2v) is 20.8. The molecule has 2 aromatic heterocycles. The number of aromatic nitrogens is 3. The van der Waals surface area contributed by atoms with Crippen LogP contribution in [0.3, 0.4) is 0 Å². The van der Waals surface area contributed by atoms with Crippen molar-refractivity contribution in [1.82, 2.24) is 14.5 Å². The Labute approximate surface area is 377 Å². The van der Waals surface area contributed by atoms with Crippen molar-refractivity contribution in [3.05, 3.63) is 167 Å². The number of imidazole rings is 1. The quantitative estimate of drug-likeness (QED) is 0.174. The summed E-state index contributed by atoms with van der Waals surface area (Å²) in [5, 5.41) is 11.9. The summed E-state index contributed by atoms with van der Waals surface area (Å²) in [6, 6.07) is 45.6. The highest BCUT2D eigenvalue weighted by atomic mass is 16.3. The van der Waals surface area contributed by atoms with E-state index in [-0.39, 0.29) is 22.0 Å². The number of pyridine rings is 1. The number of benzene rings is 6. The smallest absolute Gasteiger partial charge is 0.149 e. The van der Waals surface area contributed by atoms with Crippen molar-refractivity contribution in [1.29, 1.82) is 0 Å². The zero-order valence-electron chi connectivity index (χ0n) is 40.5. The van der Waals surface area contributed by atoms with Gasteiger partial charge in [-0.1, -0.05) is 155 Å². The highest BCUT2D eigenvalue weighted by Crippen LogP contribution is 2.43. The van der Waals surface area contributed by atoms with Crippen molar-refractivity contribution in [2.24, 2.45) is 0 Å². The van der Waals surface area contributed by atoms with Gasteiger partial charge in [0.1, 0.15) is 11.6 Å². The van der Waals surface area contributed by atoms with Crippen molar-refractivity contribution in [2.75, 3.05) is 0 Å². The lowest BCUT2D eigenvalue weighted by Gasteiger charge is -2.22. The Bertz CT molecular complexity index is 3030. The molecule has 6 aromatic carbocycles. The van der Waals surface area contributed by atoms with E-state index in [1.54, 1.807) is 0 Å². The van der Waals surface area contributed by atoms with Gasteiger partial charge in [0.2, 0.25) is 0 Å². The fourth-order valence-electron chi connectivity index (χ4n) is 8.60. The average molecular weight is 831 g/mol. The van der Waals surface area contributed by atoms with Gasteiger partial charge in [0, 0.05) is 24.3 Å². The molecule has 320 valence electrons. The van der Waals surface area contributed by atoms with Gasteiger partial charge in [-0.15, -0.1) is 0 Å². The molecule has 8 aromatic rings. The van der Waals surface area contributed by atoms with E-state index in [9.17, 15) is 5.11 Å².